The highest BCUT2D eigenvalue weighted by Crippen LogP contribution is 2.40. The first-order valence-electron chi connectivity index (χ1n) is 6.41. The number of methoxy groups -OCH3 is 1. The van der Waals surface area contributed by atoms with Crippen molar-refractivity contribution in [2.45, 2.75) is 25.4 Å². The summed E-state index contributed by atoms with van der Waals surface area (Å²) in [4.78, 5) is 25.6. The van der Waals surface area contributed by atoms with Crippen molar-refractivity contribution in [3.05, 3.63) is 35.9 Å². The molecule has 0 spiro atoms. The number of likely N-dealkylation sites (tertiary alicyclic amines) is 1. The van der Waals surface area contributed by atoms with Crippen LogP contribution in [-0.2, 0) is 14.3 Å². The zero-order chi connectivity index (χ0) is 14.0. The first-order valence-corrected chi connectivity index (χ1v) is 6.41. The molecule has 1 saturated heterocycles. The van der Waals surface area contributed by atoms with Crippen molar-refractivity contribution in [1.82, 2.24) is 4.90 Å². The van der Waals surface area contributed by atoms with Crippen LogP contribution in [0.3, 0.4) is 0 Å². The van der Waals surface area contributed by atoms with Gasteiger partial charge in [0.25, 0.3) is 0 Å². The van der Waals surface area contributed by atoms with Gasteiger partial charge in [-0.15, -0.1) is 0 Å². The number of hydrogen-bond acceptors (Lipinski definition) is 4. The molecule has 0 radical (unpaired) electrons. The Labute approximate surface area is 113 Å². The molecule has 2 rings (SSSR count). The van der Waals surface area contributed by atoms with Crippen LogP contribution in [0.15, 0.2) is 30.3 Å². The molecule has 4 heteroatoms. The average Bonchev–Trinajstić information content (AvgIpc) is 2.76. The fourth-order valence-electron chi connectivity index (χ4n) is 2.96. The van der Waals surface area contributed by atoms with Crippen molar-refractivity contribution in [1.29, 1.82) is 0 Å². The molecule has 3 unspecified atom stereocenters. The molecule has 1 aliphatic rings. The van der Waals surface area contributed by atoms with Crippen molar-refractivity contribution in [3.63, 3.8) is 0 Å². The van der Waals surface area contributed by atoms with Gasteiger partial charge in [-0.25, -0.2) is 0 Å². The van der Waals surface area contributed by atoms with E-state index in [0.717, 1.165) is 5.56 Å². The average molecular weight is 261 g/mol. The second-order valence-corrected chi connectivity index (χ2v) is 5.01. The predicted octanol–water partition coefficient (Wildman–Crippen LogP) is 1.81. The van der Waals surface area contributed by atoms with E-state index in [-0.39, 0.29) is 29.8 Å². The van der Waals surface area contributed by atoms with Crippen LogP contribution < -0.4 is 0 Å². The van der Waals surface area contributed by atoms with E-state index >= 15 is 0 Å². The number of ketones is 1. The highest BCUT2D eigenvalue weighted by atomic mass is 16.5. The van der Waals surface area contributed by atoms with Crippen LogP contribution in [0.2, 0.25) is 0 Å². The molecule has 1 aliphatic heterocycles. The lowest BCUT2D eigenvalue weighted by molar-refractivity contribution is -0.146. The van der Waals surface area contributed by atoms with Gasteiger partial charge in [-0.3, -0.25) is 14.5 Å². The number of ether oxygens (including phenoxy) is 1. The van der Waals surface area contributed by atoms with Crippen molar-refractivity contribution < 1.29 is 14.3 Å². The van der Waals surface area contributed by atoms with Crippen LogP contribution >= 0.6 is 0 Å². The molecule has 0 amide bonds. The van der Waals surface area contributed by atoms with Crippen molar-refractivity contribution >= 4 is 11.8 Å². The summed E-state index contributed by atoms with van der Waals surface area (Å²) in [6.07, 6.45) is 0.526. The largest absolute Gasteiger partial charge is 0.469 e. The molecule has 0 aromatic heterocycles. The summed E-state index contributed by atoms with van der Waals surface area (Å²) in [6.45, 7) is 1.57. The lowest BCUT2D eigenvalue weighted by atomic mass is 9.93. The van der Waals surface area contributed by atoms with Gasteiger partial charge in [0, 0.05) is 6.04 Å². The number of nitrogens with zero attached hydrogens (tertiary/aromatic N) is 1. The second kappa shape index (κ2) is 5.53. The highest BCUT2D eigenvalue weighted by Gasteiger charge is 2.45. The molecule has 1 fully saturated rings. The Morgan fingerprint density at radius 1 is 1.26 bits per heavy atom. The third-order valence-electron chi connectivity index (χ3n) is 3.90. The minimum atomic E-state index is -0.286. The van der Waals surface area contributed by atoms with Gasteiger partial charge in [0.05, 0.1) is 19.1 Å². The number of carbonyl (C=O) groups is 2. The molecule has 3 atom stereocenters. The lowest BCUT2D eigenvalue weighted by Gasteiger charge is -2.26. The number of Topliss-reactive ketones (excluding diaryl/α,β-unsaturated/α-hetero) is 1. The standard InChI is InChI=1S/C15H19NO3/c1-10(17)13-9-12(15(18)19-3)14(16(13)2)11-7-5-4-6-8-11/h4-8,12-14H,9H2,1-3H3. The van der Waals surface area contributed by atoms with Crippen LogP contribution in [-0.4, -0.2) is 36.9 Å². The van der Waals surface area contributed by atoms with E-state index in [2.05, 4.69) is 0 Å². The maximum Gasteiger partial charge on any atom is 0.310 e. The van der Waals surface area contributed by atoms with E-state index in [1.807, 2.05) is 42.3 Å². The van der Waals surface area contributed by atoms with Crippen LogP contribution in [0.1, 0.15) is 24.9 Å². The molecule has 1 aromatic rings. The Bertz CT molecular complexity index is 472. The van der Waals surface area contributed by atoms with E-state index in [1.165, 1.54) is 7.11 Å². The lowest BCUT2D eigenvalue weighted by Crippen LogP contribution is -2.33. The van der Waals surface area contributed by atoms with Crippen LogP contribution in [0.25, 0.3) is 0 Å². The highest BCUT2D eigenvalue weighted by molar-refractivity contribution is 5.84. The SMILES string of the molecule is COC(=O)C1CC(C(C)=O)N(C)C1c1ccccc1. The Balaban J connectivity index is 2.36. The monoisotopic (exact) mass is 261 g/mol. The van der Waals surface area contributed by atoms with Gasteiger partial charge >= 0.3 is 5.97 Å². The van der Waals surface area contributed by atoms with E-state index < -0.39 is 0 Å². The first-order chi connectivity index (χ1) is 9.06. The number of hydrogen-bond donors (Lipinski definition) is 0. The molecule has 0 aliphatic carbocycles. The maximum atomic E-state index is 12.0. The van der Waals surface area contributed by atoms with Gasteiger partial charge in [0.1, 0.15) is 5.78 Å². The Kier molecular flexibility index (Phi) is 4.00. The number of carbonyl (C=O) groups excluding carboxylic acids is 2. The molecule has 19 heavy (non-hydrogen) atoms. The fraction of sp³-hybridized carbons (Fsp3) is 0.467. The quantitative estimate of drug-likeness (QED) is 0.779. The summed E-state index contributed by atoms with van der Waals surface area (Å²) in [7, 11) is 3.29. The number of benzene rings is 1. The summed E-state index contributed by atoms with van der Waals surface area (Å²) in [5.74, 6) is -0.439. The van der Waals surface area contributed by atoms with Crippen molar-refractivity contribution in [3.8, 4) is 0 Å². The zero-order valence-corrected chi connectivity index (χ0v) is 11.5. The van der Waals surface area contributed by atoms with Crippen molar-refractivity contribution in [2.24, 2.45) is 5.92 Å². The smallest absolute Gasteiger partial charge is 0.310 e. The Morgan fingerprint density at radius 3 is 2.42 bits per heavy atom. The molecule has 1 aromatic carbocycles. The maximum absolute atomic E-state index is 12.0. The molecule has 4 nitrogen and oxygen atoms in total. The van der Waals surface area contributed by atoms with Gasteiger partial charge in [0.2, 0.25) is 0 Å². The van der Waals surface area contributed by atoms with Gasteiger partial charge in [-0.05, 0) is 26.0 Å². The Hall–Kier alpha value is -1.68. The second-order valence-electron chi connectivity index (χ2n) is 5.01. The first kappa shape index (κ1) is 13.7. The van der Waals surface area contributed by atoms with Gasteiger partial charge < -0.3 is 4.74 Å². The molecule has 0 bridgehead atoms. The number of esters is 1. The zero-order valence-electron chi connectivity index (χ0n) is 11.5. The molecule has 1 heterocycles. The van der Waals surface area contributed by atoms with E-state index in [0.29, 0.717) is 6.42 Å². The van der Waals surface area contributed by atoms with E-state index in [4.69, 9.17) is 4.74 Å². The molecule has 0 saturated carbocycles. The summed E-state index contributed by atoms with van der Waals surface area (Å²) in [5.41, 5.74) is 1.05. The van der Waals surface area contributed by atoms with Gasteiger partial charge in [-0.2, -0.15) is 0 Å². The predicted molar refractivity (Wildman–Crippen MR) is 71.5 cm³/mol. The van der Waals surface area contributed by atoms with Crippen LogP contribution in [0.4, 0.5) is 0 Å². The third-order valence-corrected chi connectivity index (χ3v) is 3.90. The van der Waals surface area contributed by atoms with Crippen LogP contribution in [0, 0.1) is 5.92 Å². The fourth-order valence-corrected chi connectivity index (χ4v) is 2.96. The summed E-state index contributed by atoms with van der Waals surface area (Å²) in [5, 5.41) is 0. The minimum absolute atomic E-state index is 0.0924. The van der Waals surface area contributed by atoms with E-state index in [1.54, 1.807) is 6.92 Å². The summed E-state index contributed by atoms with van der Waals surface area (Å²) < 4.78 is 4.89. The van der Waals surface area contributed by atoms with Crippen LogP contribution in [0.5, 0.6) is 0 Å². The number of rotatable bonds is 3. The topological polar surface area (TPSA) is 46.6 Å². The Morgan fingerprint density at radius 2 is 1.89 bits per heavy atom. The summed E-state index contributed by atoms with van der Waals surface area (Å²) >= 11 is 0. The van der Waals surface area contributed by atoms with Crippen molar-refractivity contribution in [2.75, 3.05) is 14.2 Å². The van der Waals surface area contributed by atoms with Gasteiger partial charge in [-0.1, -0.05) is 30.3 Å². The molecular weight excluding hydrogens is 242 g/mol. The summed E-state index contributed by atoms with van der Waals surface area (Å²) in [6, 6.07) is 9.49. The molecular formula is C15H19NO3. The molecule has 102 valence electrons. The van der Waals surface area contributed by atoms with Gasteiger partial charge in [0.15, 0.2) is 0 Å². The minimum Gasteiger partial charge on any atom is -0.469 e. The normalized spacial score (nSPS) is 27.2. The third kappa shape index (κ3) is 2.54. The molecule has 0 N–H and O–H groups in total. The number of likely N-dealkylation sites (N-methyl/N-ethyl adjacent to an activating group) is 1. The van der Waals surface area contributed by atoms with E-state index in [9.17, 15) is 9.59 Å².